The molecule has 1 atom stereocenters. The van der Waals surface area contributed by atoms with Crippen LogP contribution < -0.4 is 0 Å². The molecule has 0 aliphatic carbocycles. The molecule has 0 spiro atoms. The van der Waals surface area contributed by atoms with Crippen LogP contribution in [-0.4, -0.2) is 28.2 Å². The average molecular weight is 288 g/mol. The Bertz CT molecular complexity index is 386. The van der Waals surface area contributed by atoms with E-state index in [0.29, 0.717) is 9.88 Å². The summed E-state index contributed by atoms with van der Waals surface area (Å²) in [4.78, 5) is 2.49. The second-order valence-electron chi connectivity index (χ2n) is 6.22. The molecule has 2 heterocycles. The molecular weight excluding hydrogens is 266 g/mol. The quantitative estimate of drug-likeness (QED) is 0.827. The Morgan fingerprint density at radius 2 is 2.06 bits per heavy atom. The van der Waals surface area contributed by atoms with Crippen LogP contribution in [0.3, 0.4) is 0 Å². The van der Waals surface area contributed by atoms with Gasteiger partial charge in [-0.3, -0.25) is 4.90 Å². The molecule has 1 aliphatic heterocycles. The van der Waals surface area contributed by atoms with Gasteiger partial charge in [-0.15, -0.1) is 10.2 Å². The fourth-order valence-electron chi connectivity index (χ4n) is 2.67. The monoisotopic (exact) mass is 287 g/mol. The van der Waals surface area contributed by atoms with Gasteiger partial charge in [-0.2, -0.15) is 0 Å². The molecule has 0 aromatic carbocycles. The molecule has 1 unspecified atom stereocenters. The third-order valence-corrected chi connectivity index (χ3v) is 4.85. The van der Waals surface area contributed by atoms with Crippen LogP contribution in [-0.2, 0) is 6.54 Å². The molecule has 18 heavy (non-hydrogen) atoms. The number of rotatable bonds is 2. The summed E-state index contributed by atoms with van der Waals surface area (Å²) in [5.41, 5.74) is 0.433. The van der Waals surface area contributed by atoms with E-state index < -0.39 is 0 Å². The van der Waals surface area contributed by atoms with Crippen molar-refractivity contribution in [1.82, 2.24) is 15.1 Å². The van der Waals surface area contributed by atoms with E-state index in [9.17, 15) is 0 Å². The minimum absolute atomic E-state index is 0.433. The SMILES string of the molecule is CC(C)(C)C1CCCN(Cc2nnc(Cl)s2)CC1. The van der Waals surface area contributed by atoms with E-state index in [-0.39, 0.29) is 0 Å². The summed E-state index contributed by atoms with van der Waals surface area (Å²) in [5.74, 6) is 0.834. The predicted molar refractivity (Wildman–Crippen MR) is 77.0 cm³/mol. The molecule has 1 saturated heterocycles. The highest BCUT2D eigenvalue weighted by atomic mass is 35.5. The van der Waals surface area contributed by atoms with Gasteiger partial charge < -0.3 is 0 Å². The zero-order valence-electron chi connectivity index (χ0n) is 11.4. The van der Waals surface area contributed by atoms with Gasteiger partial charge in [-0.05, 0) is 55.3 Å². The maximum Gasteiger partial charge on any atom is 0.207 e. The van der Waals surface area contributed by atoms with Gasteiger partial charge in [-0.25, -0.2) is 0 Å². The summed E-state index contributed by atoms with van der Waals surface area (Å²) in [6.45, 7) is 10.3. The molecule has 1 aromatic heterocycles. The largest absolute Gasteiger partial charge is 0.297 e. The summed E-state index contributed by atoms with van der Waals surface area (Å²) in [6, 6.07) is 0. The van der Waals surface area contributed by atoms with Gasteiger partial charge in [0.05, 0.1) is 6.54 Å². The molecule has 0 N–H and O–H groups in total. The smallest absolute Gasteiger partial charge is 0.207 e. The molecular formula is C13H22ClN3S. The van der Waals surface area contributed by atoms with Crippen LogP contribution in [0.5, 0.6) is 0 Å². The fourth-order valence-corrected chi connectivity index (χ4v) is 3.58. The Morgan fingerprint density at radius 1 is 1.28 bits per heavy atom. The zero-order valence-corrected chi connectivity index (χ0v) is 13.0. The van der Waals surface area contributed by atoms with Crippen LogP contribution in [0.2, 0.25) is 4.47 Å². The van der Waals surface area contributed by atoms with Crippen molar-refractivity contribution in [2.45, 2.75) is 46.6 Å². The molecule has 0 saturated carbocycles. The maximum absolute atomic E-state index is 5.82. The summed E-state index contributed by atoms with van der Waals surface area (Å²) in [5, 5.41) is 9.01. The number of halogens is 1. The number of nitrogens with zero attached hydrogens (tertiary/aromatic N) is 3. The molecule has 2 rings (SSSR count). The van der Waals surface area contributed by atoms with E-state index in [1.165, 1.54) is 43.7 Å². The lowest BCUT2D eigenvalue weighted by Crippen LogP contribution is -2.26. The second kappa shape index (κ2) is 5.85. The molecule has 1 aromatic rings. The van der Waals surface area contributed by atoms with Crippen LogP contribution >= 0.6 is 22.9 Å². The van der Waals surface area contributed by atoms with Gasteiger partial charge in [0.1, 0.15) is 5.01 Å². The van der Waals surface area contributed by atoms with E-state index in [1.807, 2.05) is 0 Å². The third-order valence-electron chi connectivity index (χ3n) is 3.85. The number of hydrogen-bond acceptors (Lipinski definition) is 4. The average Bonchev–Trinajstić information content (AvgIpc) is 2.53. The van der Waals surface area contributed by atoms with E-state index in [4.69, 9.17) is 11.6 Å². The maximum atomic E-state index is 5.82. The first kappa shape index (κ1) is 14.2. The minimum atomic E-state index is 0.433. The predicted octanol–water partition coefficient (Wildman–Crippen LogP) is 3.84. The number of likely N-dealkylation sites (tertiary alicyclic amines) is 1. The van der Waals surface area contributed by atoms with Gasteiger partial charge in [0.2, 0.25) is 4.47 Å². The number of hydrogen-bond donors (Lipinski definition) is 0. The topological polar surface area (TPSA) is 29.0 Å². The van der Waals surface area contributed by atoms with Crippen LogP contribution in [0.25, 0.3) is 0 Å². The van der Waals surface area contributed by atoms with Gasteiger partial charge in [0.15, 0.2) is 0 Å². The molecule has 5 heteroatoms. The lowest BCUT2D eigenvalue weighted by molar-refractivity contribution is 0.206. The highest BCUT2D eigenvalue weighted by molar-refractivity contribution is 7.15. The summed E-state index contributed by atoms with van der Waals surface area (Å²) in [6.07, 6.45) is 3.92. The second-order valence-corrected chi connectivity index (χ2v) is 7.86. The van der Waals surface area contributed by atoms with Crippen molar-refractivity contribution in [1.29, 1.82) is 0 Å². The van der Waals surface area contributed by atoms with Crippen molar-refractivity contribution in [3.05, 3.63) is 9.47 Å². The Morgan fingerprint density at radius 3 is 2.67 bits per heavy atom. The van der Waals surface area contributed by atoms with Crippen LogP contribution in [0, 0.1) is 11.3 Å². The van der Waals surface area contributed by atoms with Crippen LogP contribution in [0.4, 0.5) is 0 Å². The van der Waals surface area contributed by atoms with Crippen molar-refractivity contribution in [2.75, 3.05) is 13.1 Å². The van der Waals surface area contributed by atoms with Gasteiger partial charge >= 0.3 is 0 Å². The Labute approximate surface area is 119 Å². The summed E-state index contributed by atoms with van der Waals surface area (Å²) >= 11 is 7.32. The minimum Gasteiger partial charge on any atom is -0.297 e. The van der Waals surface area contributed by atoms with E-state index in [1.54, 1.807) is 0 Å². The fraction of sp³-hybridized carbons (Fsp3) is 0.846. The van der Waals surface area contributed by atoms with Crippen molar-refractivity contribution >= 4 is 22.9 Å². The van der Waals surface area contributed by atoms with Crippen LogP contribution in [0.15, 0.2) is 0 Å². The molecule has 102 valence electrons. The first-order valence-corrected chi connectivity index (χ1v) is 7.85. The Hall–Kier alpha value is -0.190. The molecule has 1 aliphatic rings. The number of aromatic nitrogens is 2. The molecule has 0 radical (unpaired) electrons. The third kappa shape index (κ3) is 3.90. The van der Waals surface area contributed by atoms with Crippen molar-refractivity contribution in [3.63, 3.8) is 0 Å². The lowest BCUT2D eigenvalue weighted by atomic mass is 9.77. The first-order valence-electron chi connectivity index (χ1n) is 6.65. The molecule has 0 bridgehead atoms. The molecule has 1 fully saturated rings. The lowest BCUT2D eigenvalue weighted by Gasteiger charge is -2.29. The highest BCUT2D eigenvalue weighted by Gasteiger charge is 2.27. The summed E-state index contributed by atoms with van der Waals surface area (Å²) < 4.78 is 0.549. The van der Waals surface area contributed by atoms with Gasteiger partial charge in [0, 0.05) is 0 Å². The first-order chi connectivity index (χ1) is 8.45. The molecule has 0 amide bonds. The molecule has 3 nitrogen and oxygen atoms in total. The highest BCUT2D eigenvalue weighted by Crippen LogP contribution is 2.34. The van der Waals surface area contributed by atoms with E-state index >= 15 is 0 Å². The zero-order chi connectivity index (χ0) is 13.2. The van der Waals surface area contributed by atoms with Crippen molar-refractivity contribution < 1.29 is 0 Å². The van der Waals surface area contributed by atoms with Gasteiger partial charge in [-0.1, -0.05) is 32.1 Å². The van der Waals surface area contributed by atoms with E-state index in [2.05, 4.69) is 35.9 Å². The Balaban J connectivity index is 1.89. The normalized spacial score (nSPS) is 23.0. The van der Waals surface area contributed by atoms with Crippen molar-refractivity contribution in [2.24, 2.45) is 11.3 Å². The summed E-state index contributed by atoms with van der Waals surface area (Å²) in [7, 11) is 0. The van der Waals surface area contributed by atoms with Crippen molar-refractivity contribution in [3.8, 4) is 0 Å². The standard InChI is InChI=1S/C13H22ClN3S/c1-13(2,3)10-5-4-7-17(8-6-10)9-11-15-16-12(14)18-11/h10H,4-9H2,1-3H3. The van der Waals surface area contributed by atoms with E-state index in [0.717, 1.165) is 17.5 Å². The van der Waals surface area contributed by atoms with Crippen LogP contribution in [0.1, 0.15) is 45.0 Å². The van der Waals surface area contributed by atoms with Gasteiger partial charge in [0.25, 0.3) is 0 Å². The Kier molecular flexibility index (Phi) is 4.62.